The zero-order chi connectivity index (χ0) is 17.3. The average Bonchev–Trinajstić information content (AvgIpc) is 3.18. The van der Waals surface area contributed by atoms with E-state index >= 15 is 0 Å². The van der Waals surface area contributed by atoms with Crippen LogP contribution in [0.5, 0.6) is 11.5 Å². The van der Waals surface area contributed by atoms with Crippen LogP contribution in [-0.2, 0) is 6.61 Å². The van der Waals surface area contributed by atoms with E-state index in [1.807, 2.05) is 41.8 Å². The number of aromatic nitrogens is 1. The van der Waals surface area contributed by atoms with Crippen molar-refractivity contribution in [2.75, 3.05) is 13.2 Å². The van der Waals surface area contributed by atoms with Gasteiger partial charge in [0, 0.05) is 10.9 Å². The van der Waals surface area contributed by atoms with Gasteiger partial charge in [-0.1, -0.05) is 24.3 Å². The fourth-order valence-electron chi connectivity index (χ4n) is 2.15. The minimum atomic E-state index is -0.157. The fourth-order valence-corrected chi connectivity index (χ4v) is 2.69. The summed E-state index contributed by atoms with van der Waals surface area (Å²) in [5.41, 5.74) is 3.19. The Morgan fingerprint density at radius 3 is 2.68 bits per heavy atom. The lowest BCUT2D eigenvalue weighted by molar-refractivity contribution is 0.0946. The van der Waals surface area contributed by atoms with Gasteiger partial charge in [-0.3, -0.25) is 4.79 Å². The van der Waals surface area contributed by atoms with Gasteiger partial charge in [0.2, 0.25) is 0 Å². The Kier molecular flexibility index (Phi) is 6.01. The van der Waals surface area contributed by atoms with Crippen molar-refractivity contribution in [3.8, 4) is 11.5 Å². The van der Waals surface area contributed by atoms with E-state index < -0.39 is 0 Å². The van der Waals surface area contributed by atoms with Gasteiger partial charge in [-0.25, -0.2) is 4.98 Å². The Bertz CT molecular complexity index is 791. The second-order valence-electron chi connectivity index (χ2n) is 5.21. The quantitative estimate of drug-likeness (QED) is 0.629. The zero-order valence-corrected chi connectivity index (χ0v) is 14.4. The number of nitrogens with zero attached hydrogens (tertiary/aromatic N) is 1. The molecule has 0 fully saturated rings. The van der Waals surface area contributed by atoms with Crippen LogP contribution in [0.25, 0.3) is 0 Å². The summed E-state index contributed by atoms with van der Waals surface area (Å²) in [7, 11) is 0. The van der Waals surface area contributed by atoms with E-state index in [2.05, 4.69) is 10.3 Å². The SMILES string of the molecule is O=C(NCCOc1ccccc1)c1cccc(OCc2cscn2)c1. The van der Waals surface area contributed by atoms with E-state index in [1.54, 1.807) is 23.7 Å². The van der Waals surface area contributed by atoms with Crippen molar-refractivity contribution in [1.29, 1.82) is 0 Å². The van der Waals surface area contributed by atoms with Crippen LogP contribution in [0, 0.1) is 0 Å². The van der Waals surface area contributed by atoms with Crippen molar-refractivity contribution in [2.24, 2.45) is 0 Å². The van der Waals surface area contributed by atoms with Crippen LogP contribution in [0.15, 0.2) is 65.5 Å². The predicted molar refractivity (Wildman–Crippen MR) is 97.2 cm³/mol. The molecule has 1 N–H and O–H groups in total. The molecule has 25 heavy (non-hydrogen) atoms. The number of amides is 1. The van der Waals surface area contributed by atoms with Crippen molar-refractivity contribution in [3.63, 3.8) is 0 Å². The van der Waals surface area contributed by atoms with E-state index in [0.29, 0.717) is 31.1 Å². The number of carbonyl (C=O) groups is 1. The molecule has 3 rings (SSSR count). The smallest absolute Gasteiger partial charge is 0.251 e. The number of nitrogens with one attached hydrogen (secondary N) is 1. The maximum absolute atomic E-state index is 12.2. The molecule has 0 saturated heterocycles. The molecule has 0 spiro atoms. The van der Waals surface area contributed by atoms with Crippen molar-refractivity contribution >= 4 is 17.2 Å². The van der Waals surface area contributed by atoms with Crippen LogP contribution in [0.2, 0.25) is 0 Å². The molecular formula is C19H18N2O3S. The predicted octanol–water partition coefficient (Wildman–Crippen LogP) is 3.53. The van der Waals surface area contributed by atoms with Crippen LogP contribution < -0.4 is 14.8 Å². The summed E-state index contributed by atoms with van der Waals surface area (Å²) in [4.78, 5) is 16.4. The minimum absolute atomic E-state index is 0.157. The van der Waals surface area contributed by atoms with Crippen LogP contribution in [0.3, 0.4) is 0 Å². The molecule has 3 aromatic rings. The maximum atomic E-state index is 12.2. The number of hydrogen-bond donors (Lipinski definition) is 1. The Balaban J connectivity index is 1.46. The summed E-state index contributed by atoms with van der Waals surface area (Å²) in [6.45, 7) is 1.23. The van der Waals surface area contributed by atoms with Gasteiger partial charge in [0.1, 0.15) is 24.7 Å². The van der Waals surface area contributed by atoms with Crippen molar-refractivity contribution in [2.45, 2.75) is 6.61 Å². The van der Waals surface area contributed by atoms with E-state index in [1.165, 1.54) is 11.3 Å². The molecule has 0 aliphatic rings. The maximum Gasteiger partial charge on any atom is 0.251 e. The van der Waals surface area contributed by atoms with Crippen LogP contribution >= 0.6 is 11.3 Å². The molecular weight excluding hydrogens is 336 g/mol. The number of carbonyl (C=O) groups excluding carboxylic acids is 1. The molecule has 0 saturated carbocycles. The standard InChI is InChI=1S/C19H18N2O3S/c22-19(20-9-10-23-17-6-2-1-3-7-17)15-5-4-8-18(11-15)24-12-16-13-25-14-21-16/h1-8,11,13-14H,9-10,12H2,(H,20,22). The second kappa shape index (κ2) is 8.84. The summed E-state index contributed by atoms with van der Waals surface area (Å²) in [6.07, 6.45) is 0. The van der Waals surface area contributed by atoms with Gasteiger partial charge in [0.05, 0.1) is 17.7 Å². The zero-order valence-electron chi connectivity index (χ0n) is 13.6. The number of para-hydroxylation sites is 1. The number of ether oxygens (including phenoxy) is 2. The summed E-state index contributed by atoms with van der Waals surface area (Å²) < 4.78 is 11.2. The highest BCUT2D eigenvalue weighted by Gasteiger charge is 2.07. The molecule has 6 heteroatoms. The van der Waals surface area contributed by atoms with Gasteiger partial charge in [-0.15, -0.1) is 11.3 Å². The molecule has 0 unspecified atom stereocenters. The Hall–Kier alpha value is -2.86. The highest BCUT2D eigenvalue weighted by molar-refractivity contribution is 7.07. The first-order valence-corrected chi connectivity index (χ1v) is 8.81. The van der Waals surface area contributed by atoms with Crippen LogP contribution in [0.4, 0.5) is 0 Å². The Labute approximate surface area is 150 Å². The highest BCUT2D eigenvalue weighted by Crippen LogP contribution is 2.15. The molecule has 0 aliphatic heterocycles. The van der Waals surface area contributed by atoms with Crippen molar-refractivity contribution in [3.05, 3.63) is 76.7 Å². The van der Waals surface area contributed by atoms with Crippen molar-refractivity contribution in [1.82, 2.24) is 10.3 Å². The van der Waals surface area contributed by atoms with E-state index in [4.69, 9.17) is 9.47 Å². The molecule has 2 aromatic carbocycles. The fraction of sp³-hybridized carbons (Fsp3) is 0.158. The normalized spacial score (nSPS) is 10.2. The number of hydrogen-bond acceptors (Lipinski definition) is 5. The summed E-state index contributed by atoms with van der Waals surface area (Å²) in [6, 6.07) is 16.6. The molecule has 0 radical (unpaired) electrons. The van der Waals surface area contributed by atoms with E-state index in [-0.39, 0.29) is 5.91 Å². The summed E-state index contributed by atoms with van der Waals surface area (Å²) >= 11 is 1.53. The molecule has 1 aromatic heterocycles. The molecule has 128 valence electrons. The number of rotatable bonds is 8. The van der Waals surface area contributed by atoms with Gasteiger partial charge >= 0.3 is 0 Å². The average molecular weight is 354 g/mol. The van der Waals surface area contributed by atoms with Crippen LogP contribution in [-0.4, -0.2) is 24.0 Å². The number of thiazole rings is 1. The second-order valence-corrected chi connectivity index (χ2v) is 5.93. The van der Waals surface area contributed by atoms with Crippen molar-refractivity contribution < 1.29 is 14.3 Å². The van der Waals surface area contributed by atoms with E-state index in [9.17, 15) is 4.79 Å². The summed E-state index contributed by atoms with van der Waals surface area (Å²) in [5, 5.41) is 4.77. The molecule has 0 aliphatic carbocycles. The molecule has 1 amide bonds. The summed E-state index contributed by atoms with van der Waals surface area (Å²) in [5.74, 6) is 1.27. The van der Waals surface area contributed by atoms with E-state index in [0.717, 1.165) is 11.4 Å². The lowest BCUT2D eigenvalue weighted by Crippen LogP contribution is -2.28. The van der Waals surface area contributed by atoms with Gasteiger partial charge in [-0.2, -0.15) is 0 Å². The largest absolute Gasteiger partial charge is 0.492 e. The minimum Gasteiger partial charge on any atom is -0.492 e. The van der Waals surface area contributed by atoms with Gasteiger partial charge in [0.15, 0.2) is 0 Å². The molecule has 5 nitrogen and oxygen atoms in total. The Morgan fingerprint density at radius 1 is 1.04 bits per heavy atom. The molecule has 0 bridgehead atoms. The third-order valence-electron chi connectivity index (χ3n) is 3.37. The first kappa shape index (κ1) is 17.0. The Morgan fingerprint density at radius 2 is 1.88 bits per heavy atom. The topological polar surface area (TPSA) is 60.5 Å². The molecule has 0 atom stereocenters. The third kappa shape index (κ3) is 5.32. The van der Waals surface area contributed by atoms with Gasteiger partial charge in [-0.05, 0) is 30.3 Å². The molecule has 1 heterocycles. The lowest BCUT2D eigenvalue weighted by Gasteiger charge is -2.09. The lowest BCUT2D eigenvalue weighted by atomic mass is 10.2. The monoisotopic (exact) mass is 354 g/mol. The third-order valence-corrected chi connectivity index (χ3v) is 4.00. The first-order chi connectivity index (χ1) is 12.3. The first-order valence-electron chi connectivity index (χ1n) is 7.87. The number of benzene rings is 2. The highest BCUT2D eigenvalue weighted by atomic mass is 32.1. The van der Waals surface area contributed by atoms with Gasteiger partial charge < -0.3 is 14.8 Å². The van der Waals surface area contributed by atoms with Crippen LogP contribution in [0.1, 0.15) is 16.1 Å². The van der Waals surface area contributed by atoms with Gasteiger partial charge in [0.25, 0.3) is 5.91 Å².